The van der Waals surface area contributed by atoms with E-state index in [1.54, 1.807) is 0 Å². The Morgan fingerprint density at radius 2 is 0.889 bits per heavy atom. The lowest BCUT2D eigenvalue weighted by Gasteiger charge is -2.49. The van der Waals surface area contributed by atoms with E-state index in [0.717, 1.165) is 63.4 Å². The molecule has 1 aliphatic heterocycles. The summed E-state index contributed by atoms with van der Waals surface area (Å²) in [5.41, 5.74) is 5.96. The molecule has 1 heterocycles. The van der Waals surface area contributed by atoms with E-state index in [0.29, 0.717) is 0 Å². The quantitative estimate of drug-likeness (QED) is 0.0565. The number of piperazine rings is 1. The largest absolute Gasteiger partial charge is 1.00 e. The highest BCUT2D eigenvalue weighted by atomic mass is 79.9. The van der Waals surface area contributed by atoms with Crippen molar-refractivity contribution in [2.24, 2.45) is 5.73 Å². The molecule has 1 rings (SSSR count). The number of halogens is 1. The number of ether oxygens (including phenoxy) is 2. The first kappa shape index (κ1) is 45.3. The van der Waals surface area contributed by atoms with E-state index in [2.05, 4.69) is 32.6 Å². The average molecular weight is 705 g/mol. The highest BCUT2D eigenvalue weighted by molar-refractivity contribution is 4.67. The number of nitrogens with two attached hydrogens (primary N) is 1. The minimum Gasteiger partial charge on any atom is -1.00 e. The van der Waals surface area contributed by atoms with E-state index in [9.17, 15) is 0 Å². The van der Waals surface area contributed by atoms with Gasteiger partial charge in [-0.3, -0.25) is 9.38 Å². The van der Waals surface area contributed by atoms with Gasteiger partial charge >= 0.3 is 0 Å². The summed E-state index contributed by atoms with van der Waals surface area (Å²) in [7, 11) is 0. The fourth-order valence-electron chi connectivity index (χ4n) is 7.08. The zero-order chi connectivity index (χ0) is 32.0. The van der Waals surface area contributed by atoms with Crippen molar-refractivity contribution in [1.82, 2.24) is 4.90 Å². The molecule has 272 valence electrons. The molecule has 45 heavy (non-hydrogen) atoms. The maximum absolute atomic E-state index is 6.50. The Kier molecular flexibility index (Phi) is 33.0. The minimum absolute atomic E-state index is 0. The molecule has 2 atom stereocenters. The summed E-state index contributed by atoms with van der Waals surface area (Å²) in [6.07, 6.45) is 34.9. The Morgan fingerprint density at radius 1 is 0.533 bits per heavy atom. The van der Waals surface area contributed by atoms with Crippen molar-refractivity contribution < 1.29 is 30.9 Å². The molecule has 5 nitrogen and oxygen atoms in total. The van der Waals surface area contributed by atoms with Crippen LogP contribution in [0, 0.1) is 0 Å². The van der Waals surface area contributed by atoms with E-state index in [1.165, 1.54) is 154 Å². The van der Waals surface area contributed by atoms with Crippen molar-refractivity contribution in [3.8, 4) is 0 Å². The van der Waals surface area contributed by atoms with E-state index < -0.39 is 0 Å². The highest BCUT2D eigenvalue weighted by Gasteiger charge is 2.39. The Hall–Kier alpha value is 0.280. The van der Waals surface area contributed by atoms with Gasteiger partial charge in [-0.25, -0.2) is 0 Å². The van der Waals surface area contributed by atoms with Gasteiger partial charge < -0.3 is 32.2 Å². The van der Waals surface area contributed by atoms with Crippen molar-refractivity contribution in [2.45, 2.75) is 201 Å². The van der Waals surface area contributed by atoms with Crippen molar-refractivity contribution in [1.29, 1.82) is 0 Å². The monoisotopic (exact) mass is 704 g/mol. The Bertz CT molecular complexity index is 589. The van der Waals surface area contributed by atoms with Crippen LogP contribution in [0.3, 0.4) is 0 Å². The van der Waals surface area contributed by atoms with Gasteiger partial charge in [0.25, 0.3) is 0 Å². The van der Waals surface area contributed by atoms with Crippen molar-refractivity contribution >= 4 is 0 Å². The second kappa shape index (κ2) is 32.8. The van der Waals surface area contributed by atoms with E-state index >= 15 is 0 Å². The van der Waals surface area contributed by atoms with Crippen LogP contribution in [0.25, 0.3) is 0 Å². The molecule has 0 spiro atoms. The molecule has 2 unspecified atom stereocenters. The smallest absolute Gasteiger partial charge is 0.190 e. The fourth-order valence-corrected chi connectivity index (χ4v) is 7.08. The molecule has 0 aromatic heterocycles. The molecule has 2 N–H and O–H groups in total. The molecule has 1 fully saturated rings. The molecular weight excluding hydrogens is 622 g/mol. The molecule has 1 saturated heterocycles. The molecule has 0 bridgehead atoms. The number of rotatable bonds is 33. The van der Waals surface area contributed by atoms with Gasteiger partial charge in [0.05, 0.1) is 39.3 Å². The summed E-state index contributed by atoms with van der Waals surface area (Å²) in [5, 5.41) is 0. The standard InChI is InChI=1S/C39H82N3O2.BrH/c1-5-7-9-11-13-15-17-19-21-23-25-27-36-43-38(3)41-31-34-42(35-32-41,33-29-30-40)39(4)44-37-28-26-24-22-20-18-16-14-12-10-8-6-2;/h38-39H,5-37,40H2,1-4H3;1H/q+1;/p-1. The van der Waals surface area contributed by atoms with Gasteiger partial charge in [-0.05, 0) is 26.3 Å². The Balaban J connectivity index is 0.0000194. The van der Waals surface area contributed by atoms with Crippen LogP contribution in [-0.4, -0.2) is 74.3 Å². The maximum Gasteiger partial charge on any atom is 0.190 e. The number of hydrogen-bond donors (Lipinski definition) is 1. The van der Waals surface area contributed by atoms with E-state index in [1.807, 2.05) is 0 Å². The van der Waals surface area contributed by atoms with Crippen LogP contribution in [-0.2, 0) is 9.47 Å². The summed E-state index contributed by atoms with van der Waals surface area (Å²) >= 11 is 0. The zero-order valence-corrected chi connectivity index (χ0v) is 32.7. The van der Waals surface area contributed by atoms with Crippen molar-refractivity contribution in [3.05, 3.63) is 0 Å². The van der Waals surface area contributed by atoms with Gasteiger partial charge in [0.1, 0.15) is 6.23 Å². The summed E-state index contributed by atoms with van der Waals surface area (Å²) in [5.74, 6) is 0. The molecule has 0 radical (unpaired) electrons. The van der Waals surface area contributed by atoms with Crippen LogP contribution in [0.5, 0.6) is 0 Å². The zero-order valence-electron chi connectivity index (χ0n) is 31.2. The molecule has 0 aromatic rings. The second-order valence-corrected chi connectivity index (χ2v) is 14.3. The Labute approximate surface area is 293 Å². The lowest BCUT2D eigenvalue weighted by Crippen LogP contribution is -3.00. The number of quaternary nitrogens is 1. The second-order valence-electron chi connectivity index (χ2n) is 14.3. The number of hydrogen-bond acceptors (Lipinski definition) is 4. The fraction of sp³-hybridized carbons (Fsp3) is 1.00. The van der Waals surface area contributed by atoms with E-state index in [-0.39, 0.29) is 29.4 Å². The minimum atomic E-state index is 0. The summed E-state index contributed by atoms with van der Waals surface area (Å²) in [6.45, 7) is 17.4. The van der Waals surface area contributed by atoms with Gasteiger partial charge in [0, 0.05) is 20.0 Å². The maximum atomic E-state index is 6.50. The van der Waals surface area contributed by atoms with Crippen LogP contribution < -0.4 is 22.7 Å². The van der Waals surface area contributed by atoms with Gasteiger partial charge in [-0.2, -0.15) is 0 Å². The lowest BCUT2D eigenvalue weighted by atomic mass is 10.1. The third kappa shape index (κ3) is 24.1. The third-order valence-electron chi connectivity index (χ3n) is 10.5. The van der Waals surface area contributed by atoms with Gasteiger partial charge in [0.15, 0.2) is 6.23 Å². The third-order valence-corrected chi connectivity index (χ3v) is 10.5. The average Bonchev–Trinajstić information content (AvgIpc) is 3.04. The first-order valence-electron chi connectivity index (χ1n) is 20.1. The van der Waals surface area contributed by atoms with E-state index in [4.69, 9.17) is 15.2 Å². The molecule has 0 saturated carbocycles. The van der Waals surface area contributed by atoms with Crippen LogP contribution in [0.15, 0.2) is 0 Å². The SMILES string of the molecule is CCCCCCCCCCCCCCOC(C)N1CC[N+](CCCN)(C(C)OCCCCCCCCCCCCCC)CC1.[Br-]. The molecule has 1 aliphatic rings. The first-order chi connectivity index (χ1) is 21.6. The van der Waals surface area contributed by atoms with Crippen molar-refractivity contribution in [3.63, 3.8) is 0 Å². The summed E-state index contributed by atoms with van der Waals surface area (Å²) in [6, 6.07) is 0. The molecule has 6 heteroatoms. The van der Waals surface area contributed by atoms with Gasteiger partial charge in [0.2, 0.25) is 0 Å². The van der Waals surface area contributed by atoms with Gasteiger partial charge in [-0.15, -0.1) is 0 Å². The van der Waals surface area contributed by atoms with Gasteiger partial charge in [-0.1, -0.05) is 155 Å². The van der Waals surface area contributed by atoms with Crippen LogP contribution in [0.1, 0.15) is 188 Å². The van der Waals surface area contributed by atoms with Crippen molar-refractivity contribution in [2.75, 3.05) is 52.5 Å². The van der Waals surface area contributed by atoms with Crippen LogP contribution in [0.2, 0.25) is 0 Å². The summed E-state index contributed by atoms with van der Waals surface area (Å²) < 4.78 is 13.9. The first-order valence-corrected chi connectivity index (χ1v) is 20.1. The highest BCUT2D eigenvalue weighted by Crippen LogP contribution is 2.23. The Morgan fingerprint density at radius 3 is 1.27 bits per heavy atom. The molecule has 0 aliphatic carbocycles. The topological polar surface area (TPSA) is 47.7 Å². The lowest BCUT2D eigenvalue weighted by molar-refractivity contribution is -0.973. The number of nitrogens with zero attached hydrogens (tertiary/aromatic N) is 2. The summed E-state index contributed by atoms with van der Waals surface area (Å²) in [4.78, 5) is 2.55. The normalized spacial score (nSPS) is 16.5. The molecule has 0 amide bonds. The molecular formula is C39H82BrN3O2. The van der Waals surface area contributed by atoms with Crippen LogP contribution >= 0.6 is 0 Å². The number of unbranched alkanes of at least 4 members (excludes halogenated alkanes) is 22. The predicted molar refractivity (Wildman–Crippen MR) is 193 cm³/mol. The predicted octanol–water partition coefficient (Wildman–Crippen LogP) is 7.60. The molecule has 0 aromatic carbocycles. The van der Waals surface area contributed by atoms with Crippen LogP contribution in [0.4, 0.5) is 0 Å².